The fourth-order valence-electron chi connectivity index (χ4n) is 2.69. The van der Waals surface area contributed by atoms with Crippen molar-refractivity contribution in [2.75, 3.05) is 7.11 Å². The van der Waals surface area contributed by atoms with Crippen molar-refractivity contribution in [3.8, 4) is 5.75 Å². The Labute approximate surface area is 111 Å². The van der Waals surface area contributed by atoms with Crippen molar-refractivity contribution in [3.05, 3.63) is 29.3 Å². The lowest BCUT2D eigenvalue weighted by molar-refractivity contribution is 0.0965. The molecule has 0 bridgehead atoms. The van der Waals surface area contributed by atoms with E-state index in [4.69, 9.17) is 4.74 Å². The lowest BCUT2D eigenvalue weighted by Gasteiger charge is -2.09. The molecule has 19 heavy (non-hydrogen) atoms. The van der Waals surface area contributed by atoms with E-state index in [0.29, 0.717) is 5.92 Å². The quantitative estimate of drug-likeness (QED) is 0.751. The third-order valence-electron chi connectivity index (χ3n) is 3.78. The molecule has 4 heteroatoms. The Balaban J connectivity index is 2.05. The Morgan fingerprint density at radius 3 is 2.37 bits per heavy atom. The number of hydrogen-bond acceptors (Lipinski definition) is 2. The number of carbonyl (C=O) groups is 1. The molecule has 0 atom stereocenters. The van der Waals surface area contributed by atoms with Gasteiger partial charge >= 0.3 is 0 Å². The van der Waals surface area contributed by atoms with Gasteiger partial charge in [-0.3, -0.25) is 4.79 Å². The molecule has 0 spiro atoms. The van der Waals surface area contributed by atoms with E-state index >= 15 is 0 Å². The molecule has 1 fully saturated rings. The minimum absolute atomic E-state index is 0.0855. The van der Waals surface area contributed by atoms with Crippen molar-refractivity contribution in [2.45, 2.75) is 38.5 Å². The Morgan fingerprint density at radius 2 is 1.84 bits per heavy atom. The SMILES string of the molecule is COc1cc(F)c(C(=O)CCC2CCCC2)c(F)c1. The van der Waals surface area contributed by atoms with Gasteiger partial charge in [0.25, 0.3) is 0 Å². The molecule has 0 aromatic heterocycles. The Hall–Kier alpha value is -1.45. The first-order chi connectivity index (χ1) is 9.11. The van der Waals surface area contributed by atoms with E-state index in [0.717, 1.165) is 31.4 Å². The maximum atomic E-state index is 13.7. The first-order valence-electron chi connectivity index (χ1n) is 6.68. The molecule has 1 saturated carbocycles. The maximum Gasteiger partial charge on any atom is 0.168 e. The number of rotatable bonds is 5. The molecule has 1 aromatic carbocycles. The van der Waals surface area contributed by atoms with Gasteiger partial charge in [0.2, 0.25) is 0 Å². The highest BCUT2D eigenvalue weighted by Gasteiger charge is 2.21. The summed E-state index contributed by atoms with van der Waals surface area (Å²) in [7, 11) is 1.33. The molecule has 0 amide bonds. The first-order valence-corrected chi connectivity index (χ1v) is 6.68. The van der Waals surface area contributed by atoms with Crippen molar-refractivity contribution in [2.24, 2.45) is 5.92 Å². The van der Waals surface area contributed by atoms with Crippen LogP contribution < -0.4 is 4.74 Å². The number of hydrogen-bond donors (Lipinski definition) is 0. The van der Waals surface area contributed by atoms with Gasteiger partial charge in [-0.1, -0.05) is 25.7 Å². The van der Waals surface area contributed by atoms with Crippen LogP contribution in [0.25, 0.3) is 0 Å². The second-order valence-electron chi connectivity index (χ2n) is 5.08. The molecule has 0 radical (unpaired) electrons. The molecular weight excluding hydrogens is 250 g/mol. The van der Waals surface area contributed by atoms with Crippen LogP contribution in [0.5, 0.6) is 5.75 Å². The van der Waals surface area contributed by atoms with Crippen molar-refractivity contribution in [1.82, 2.24) is 0 Å². The van der Waals surface area contributed by atoms with Gasteiger partial charge in [-0.25, -0.2) is 8.78 Å². The number of methoxy groups -OCH3 is 1. The van der Waals surface area contributed by atoms with E-state index in [1.807, 2.05) is 0 Å². The highest BCUT2D eigenvalue weighted by Crippen LogP contribution is 2.30. The predicted molar refractivity (Wildman–Crippen MR) is 68.4 cm³/mol. The van der Waals surface area contributed by atoms with Crippen molar-refractivity contribution in [3.63, 3.8) is 0 Å². The molecular formula is C15H18F2O2. The zero-order valence-corrected chi connectivity index (χ0v) is 11.0. The fourth-order valence-corrected chi connectivity index (χ4v) is 2.69. The standard InChI is InChI=1S/C15H18F2O2/c1-19-11-8-12(16)15(13(17)9-11)14(18)7-6-10-4-2-3-5-10/h8-10H,2-7H2,1H3. The summed E-state index contributed by atoms with van der Waals surface area (Å²) in [6, 6.07) is 2.10. The second kappa shape index (κ2) is 6.13. The van der Waals surface area contributed by atoms with Crippen molar-refractivity contribution < 1.29 is 18.3 Å². The van der Waals surface area contributed by atoms with Crippen LogP contribution in [0.15, 0.2) is 12.1 Å². The Morgan fingerprint density at radius 1 is 1.26 bits per heavy atom. The summed E-state index contributed by atoms with van der Waals surface area (Å²) in [5.74, 6) is -1.51. The van der Waals surface area contributed by atoms with Crippen LogP contribution in [-0.2, 0) is 0 Å². The third-order valence-corrected chi connectivity index (χ3v) is 3.78. The molecule has 0 unspecified atom stereocenters. The molecule has 1 aromatic rings. The summed E-state index contributed by atoms with van der Waals surface area (Å²) in [4.78, 5) is 11.9. The number of carbonyl (C=O) groups excluding carboxylic acids is 1. The average Bonchev–Trinajstić information content (AvgIpc) is 2.88. The molecule has 0 saturated heterocycles. The largest absolute Gasteiger partial charge is 0.497 e. The fraction of sp³-hybridized carbons (Fsp3) is 0.533. The van der Waals surface area contributed by atoms with Crippen LogP contribution in [0.4, 0.5) is 8.78 Å². The van der Waals surface area contributed by atoms with E-state index < -0.39 is 23.0 Å². The third kappa shape index (κ3) is 3.31. The van der Waals surface area contributed by atoms with E-state index in [-0.39, 0.29) is 12.2 Å². The zero-order valence-electron chi connectivity index (χ0n) is 11.0. The molecule has 1 aliphatic rings. The van der Waals surface area contributed by atoms with Crippen molar-refractivity contribution in [1.29, 1.82) is 0 Å². The van der Waals surface area contributed by atoms with Crippen LogP contribution in [-0.4, -0.2) is 12.9 Å². The molecule has 1 aliphatic carbocycles. The smallest absolute Gasteiger partial charge is 0.168 e. The van der Waals surface area contributed by atoms with Gasteiger partial charge in [0.05, 0.1) is 12.7 Å². The maximum absolute atomic E-state index is 13.7. The number of Topliss-reactive ketones (excluding diaryl/α,β-unsaturated/α-hetero) is 1. The number of benzene rings is 1. The van der Waals surface area contributed by atoms with Gasteiger partial charge in [-0.15, -0.1) is 0 Å². The van der Waals surface area contributed by atoms with E-state index in [1.54, 1.807) is 0 Å². The highest BCUT2D eigenvalue weighted by molar-refractivity contribution is 5.96. The van der Waals surface area contributed by atoms with E-state index in [9.17, 15) is 13.6 Å². The minimum Gasteiger partial charge on any atom is -0.497 e. The normalized spacial score (nSPS) is 15.7. The van der Waals surface area contributed by atoms with Gasteiger partial charge in [-0.2, -0.15) is 0 Å². The summed E-state index contributed by atoms with van der Waals surface area (Å²) < 4.78 is 32.2. The van der Waals surface area contributed by atoms with Gasteiger partial charge in [0.15, 0.2) is 5.78 Å². The van der Waals surface area contributed by atoms with Crippen LogP contribution in [0.2, 0.25) is 0 Å². The molecule has 2 nitrogen and oxygen atoms in total. The number of ether oxygens (including phenoxy) is 1. The summed E-state index contributed by atoms with van der Waals surface area (Å²) in [6.07, 6.45) is 5.59. The molecule has 0 heterocycles. The topological polar surface area (TPSA) is 26.3 Å². The summed E-state index contributed by atoms with van der Waals surface area (Å²) in [6.45, 7) is 0. The molecule has 0 N–H and O–H groups in total. The second-order valence-corrected chi connectivity index (χ2v) is 5.08. The summed E-state index contributed by atoms with van der Waals surface area (Å²) in [5, 5.41) is 0. The lowest BCUT2D eigenvalue weighted by Crippen LogP contribution is -2.08. The Kier molecular flexibility index (Phi) is 4.51. The zero-order chi connectivity index (χ0) is 13.8. The molecule has 104 valence electrons. The van der Waals surface area contributed by atoms with Crippen molar-refractivity contribution >= 4 is 5.78 Å². The predicted octanol–water partition coefficient (Wildman–Crippen LogP) is 4.13. The van der Waals surface area contributed by atoms with Crippen LogP contribution in [0.1, 0.15) is 48.9 Å². The number of ketones is 1. The lowest BCUT2D eigenvalue weighted by atomic mass is 9.97. The van der Waals surface area contributed by atoms with E-state index in [2.05, 4.69) is 0 Å². The highest BCUT2D eigenvalue weighted by atomic mass is 19.1. The van der Waals surface area contributed by atoms with Crippen LogP contribution in [0, 0.1) is 17.6 Å². The molecule has 0 aliphatic heterocycles. The molecule has 2 rings (SSSR count). The first kappa shape index (κ1) is 14.0. The summed E-state index contributed by atoms with van der Waals surface area (Å²) >= 11 is 0. The summed E-state index contributed by atoms with van der Waals surface area (Å²) in [5.41, 5.74) is -0.432. The average molecular weight is 268 g/mol. The van der Waals surface area contributed by atoms with Gasteiger partial charge < -0.3 is 4.74 Å². The Bertz CT molecular complexity index is 442. The number of halogens is 2. The monoisotopic (exact) mass is 268 g/mol. The van der Waals surface area contributed by atoms with Crippen LogP contribution >= 0.6 is 0 Å². The van der Waals surface area contributed by atoms with E-state index in [1.165, 1.54) is 20.0 Å². The van der Waals surface area contributed by atoms with Gasteiger partial charge in [0.1, 0.15) is 17.4 Å². The van der Waals surface area contributed by atoms with Gasteiger partial charge in [-0.05, 0) is 12.3 Å². The minimum atomic E-state index is -0.840. The van der Waals surface area contributed by atoms with Gasteiger partial charge in [0, 0.05) is 18.6 Å². The van der Waals surface area contributed by atoms with Crippen LogP contribution in [0.3, 0.4) is 0 Å².